The predicted molar refractivity (Wildman–Crippen MR) is 73.4 cm³/mol. The van der Waals surface area contributed by atoms with E-state index in [4.69, 9.17) is 5.26 Å². The molecular weight excluding hydrogens is 294 g/mol. The summed E-state index contributed by atoms with van der Waals surface area (Å²) in [6, 6.07) is 3.79. The lowest BCUT2D eigenvalue weighted by Crippen LogP contribution is -2.46. The van der Waals surface area contributed by atoms with Gasteiger partial charge in [-0.15, -0.1) is 0 Å². The molecule has 0 aliphatic carbocycles. The molecule has 1 amide bonds. The first-order chi connectivity index (χ1) is 10.4. The number of rotatable bonds is 6. The van der Waals surface area contributed by atoms with Crippen molar-refractivity contribution < 1.29 is 23.1 Å². The maximum absolute atomic E-state index is 13.5. The van der Waals surface area contributed by atoms with Gasteiger partial charge < -0.3 is 10.1 Å². The van der Waals surface area contributed by atoms with Crippen LogP contribution in [0.3, 0.4) is 0 Å². The summed E-state index contributed by atoms with van der Waals surface area (Å²) in [5.41, 5.74) is 0.00968. The summed E-state index contributed by atoms with van der Waals surface area (Å²) in [6.45, 7) is 1.61. The van der Waals surface area contributed by atoms with E-state index in [9.17, 15) is 18.4 Å². The van der Waals surface area contributed by atoms with Crippen LogP contribution in [0.5, 0.6) is 0 Å². The smallest absolute Gasteiger partial charge is 0.328 e. The number of carbonyl (C=O) groups is 2. The quantitative estimate of drug-likeness (QED) is 0.811. The lowest BCUT2D eigenvalue weighted by molar-refractivity contribution is -0.146. The van der Waals surface area contributed by atoms with Crippen LogP contribution in [0.15, 0.2) is 18.2 Å². The number of carbonyl (C=O) groups excluding carboxylic acids is 2. The molecule has 1 N–H and O–H groups in total. The number of nitrogens with zero attached hydrogens (tertiary/aromatic N) is 1. The van der Waals surface area contributed by atoms with Gasteiger partial charge in [-0.2, -0.15) is 5.26 Å². The van der Waals surface area contributed by atoms with Crippen LogP contribution < -0.4 is 5.32 Å². The van der Waals surface area contributed by atoms with E-state index in [-0.39, 0.29) is 18.4 Å². The first-order valence-corrected chi connectivity index (χ1v) is 6.57. The fraction of sp³-hybridized carbons (Fsp3) is 0.400. The van der Waals surface area contributed by atoms with E-state index in [0.29, 0.717) is 6.07 Å². The summed E-state index contributed by atoms with van der Waals surface area (Å²) in [4.78, 5) is 23.6. The zero-order valence-electron chi connectivity index (χ0n) is 12.2. The molecular formula is C15H16F2N2O3. The number of esters is 1. The van der Waals surface area contributed by atoms with Gasteiger partial charge in [-0.05, 0) is 11.6 Å². The fourth-order valence-corrected chi connectivity index (χ4v) is 1.88. The molecule has 1 rings (SSSR count). The topological polar surface area (TPSA) is 79.2 Å². The Morgan fingerprint density at radius 2 is 2.09 bits per heavy atom. The van der Waals surface area contributed by atoms with Crippen molar-refractivity contribution in [2.24, 2.45) is 5.92 Å². The molecule has 1 aromatic carbocycles. The highest BCUT2D eigenvalue weighted by atomic mass is 19.1. The zero-order chi connectivity index (χ0) is 16.7. The molecule has 2 atom stereocenters. The molecule has 0 heterocycles. The highest BCUT2D eigenvalue weighted by Crippen LogP contribution is 2.12. The van der Waals surface area contributed by atoms with Crippen molar-refractivity contribution in [3.8, 4) is 6.07 Å². The number of nitriles is 1. The third kappa shape index (κ3) is 4.81. The van der Waals surface area contributed by atoms with Crippen LogP contribution >= 0.6 is 0 Å². The van der Waals surface area contributed by atoms with Gasteiger partial charge in [0.1, 0.15) is 17.7 Å². The van der Waals surface area contributed by atoms with Gasteiger partial charge in [0.15, 0.2) is 0 Å². The predicted octanol–water partition coefficient (Wildman–Crippen LogP) is 1.71. The van der Waals surface area contributed by atoms with Crippen LogP contribution in [0, 0.1) is 28.9 Å². The number of amides is 1. The first-order valence-electron chi connectivity index (χ1n) is 6.57. The summed E-state index contributed by atoms with van der Waals surface area (Å²) in [5, 5.41) is 11.1. The van der Waals surface area contributed by atoms with Crippen LogP contribution in [-0.2, 0) is 20.7 Å². The largest absolute Gasteiger partial charge is 0.467 e. The molecule has 0 aliphatic heterocycles. The molecule has 22 heavy (non-hydrogen) atoms. The van der Waals surface area contributed by atoms with Gasteiger partial charge in [-0.1, -0.05) is 13.0 Å². The van der Waals surface area contributed by atoms with E-state index in [1.165, 1.54) is 7.11 Å². The Morgan fingerprint density at radius 1 is 1.41 bits per heavy atom. The number of benzene rings is 1. The lowest BCUT2D eigenvalue weighted by atomic mass is 9.98. The Morgan fingerprint density at radius 3 is 2.64 bits per heavy atom. The van der Waals surface area contributed by atoms with Crippen molar-refractivity contribution in [3.05, 3.63) is 35.4 Å². The molecule has 118 valence electrons. The van der Waals surface area contributed by atoms with E-state index in [0.717, 1.165) is 12.1 Å². The third-order valence-corrected chi connectivity index (χ3v) is 3.12. The number of nitrogens with one attached hydrogen (secondary N) is 1. The SMILES string of the molecule is COC(=O)[C@H](NC(=O)Cc1ccc(F)cc1F)[C@H](C)CC#N. The van der Waals surface area contributed by atoms with Crippen molar-refractivity contribution in [1.29, 1.82) is 5.26 Å². The Labute approximate surface area is 126 Å². The minimum atomic E-state index is -0.999. The Bertz CT molecular complexity index is 599. The average molecular weight is 310 g/mol. The lowest BCUT2D eigenvalue weighted by Gasteiger charge is -2.21. The van der Waals surface area contributed by atoms with Crippen molar-refractivity contribution in [3.63, 3.8) is 0 Å². The first kappa shape index (κ1) is 17.6. The fourth-order valence-electron chi connectivity index (χ4n) is 1.88. The molecule has 0 saturated heterocycles. The molecule has 0 spiro atoms. The van der Waals surface area contributed by atoms with Crippen molar-refractivity contribution in [1.82, 2.24) is 5.32 Å². The van der Waals surface area contributed by atoms with E-state index >= 15 is 0 Å². The second-order valence-electron chi connectivity index (χ2n) is 4.82. The standard InChI is InChI=1S/C15H16F2N2O3/c1-9(5-6-18)14(15(21)22-2)19-13(20)7-10-3-4-11(16)8-12(10)17/h3-4,8-9,14H,5,7H2,1-2H3,(H,19,20)/t9-,14-/m1/s1. The molecule has 0 unspecified atom stereocenters. The van der Waals surface area contributed by atoms with Crippen molar-refractivity contribution >= 4 is 11.9 Å². The maximum Gasteiger partial charge on any atom is 0.328 e. The average Bonchev–Trinajstić information content (AvgIpc) is 2.47. The third-order valence-electron chi connectivity index (χ3n) is 3.12. The van der Waals surface area contributed by atoms with Gasteiger partial charge >= 0.3 is 5.97 Å². The molecule has 7 heteroatoms. The summed E-state index contributed by atoms with van der Waals surface area (Å²) in [5.74, 6) is -3.34. The summed E-state index contributed by atoms with van der Waals surface area (Å²) < 4.78 is 30.9. The van der Waals surface area contributed by atoms with E-state index in [2.05, 4.69) is 10.1 Å². The van der Waals surface area contributed by atoms with Crippen LogP contribution in [0.2, 0.25) is 0 Å². The second kappa shape index (κ2) is 8.08. The minimum Gasteiger partial charge on any atom is -0.467 e. The zero-order valence-corrected chi connectivity index (χ0v) is 12.2. The van der Waals surface area contributed by atoms with Crippen molar-refractivity contribution in [2.45, 2.75) is 25.8 Å². The van der Waals surface area contributed by atoms with Crippen LogP contribution in [0.4, 0.5) is 8.78 Å². The molecule has 0 aliphatic rings. The number of hydrogen-bond donors (Lipinski definition) is 1. The van der Waals surface area contributed by atoms with Gasteiger partial charge in [0.25, 0.3) is 0 Å². The minimum absolute atomic E-state index is 0.00968. The summed E-state index contributed by atoms with van der Waals surface area (Å²) in [6.07, 6.45) is -0.302. The Kier molecular flexibility index (Phi) is 6.45. The van der Waals surface area contributed by atoms with Gasteiger partial charge in [0, 0.05) is 18.4 Å². The molecule has 0 bridgehead atoms. The maximum atomic E-state index is 13.5. The van der Waals surface area contributed by atoms with Crippen molar-refractivity contribution in [2.75, 3.05) is 7.11 Å². The summed E-state index contributed by atoms with van der Waals surface area (Å²) >= 11 is 0. The van der Waals surface area contributed by atoms with Gasteiger partial charge in [-0.3, -0.25) is 4.79 Å². The molecule has 1 aromatic rings. The molecule has 0 saturated carbocycles. The van der Waals surface area contributed by atoms with Gasteiger partial charge in [0.2, 0.25) is 5.91 Å². The molecule has 0 fully saturated rings. The second-order valence-corrected chi connectivity index (χ2v) is 4.82. The van der Waals surface area contributed by atoms with E-state index in [1.807, 2.05) is 6.07 Å². The number of halogens is 2. The monoisotopic (exact) mass is 310 g/mol. The van der Waals surface area contributed by atoms with E-state index < -0.39 is 35.5 Å². The number of ether oxygens (including phenoxy) is 1. The highest BCUT2D eigenvalue weighted by molar-refractivity contribution is 5.85. The van der Waals surface area contributed by atoms with Crippen LogP contribution in [0.25, 0.3) is 0 Å². The Hall–Kier alpha value is -2.49. The molecule has 0 aromatic heterocycles. The highest BCUT2D eigenvalue weighted by Gasteiger charge is 2.27. The number of hydrogen-bond acceptors (Lipinski definition) is 4. The van der Waals surface area contributed by atoms with Crippen LogP contribution in [0.1, 0.15) is 18.9 Å². The van der Waals surface area contributed by atoms with E-state index in [1.54, 1.807) is 6.92 Å². The Balaban J connectivity index is 2.78. The number of methoxy groups -OCH3 is 1. The van der Waals surface area contributed by atoms with Gasteiger partial charge in [-0.25, -0.2) is 13.6 Å². The normalized spacial score (nSPS) is 12.9. The summed E-state index contributed by atoms with van der Waals surface area (Å²) in [7, 11) is 1.17. The van der Waals surface area contributed by atoms with Gasteiger partial charge in [0.05, 0.1) is 19.6 Å². The van der Waals surface area contributed by atoms with Crippen LogP contribution in [-0.4, -0.2) is 25.0 Å². The molecule has 5 nitrogen and oxygen atoms in total. The molecule has 0 radical (unpaired) electrons.